The monoisotopic (exact) mass is 306 g/mol. The maximum atomic E-state index is 11.9. The van der Waals surface area contributed by atoms with E-state index < -0.39 is 11.6 Å². The first-order valence-corrected chi connectivity index (χ1v) is 8.06. The van der Waals surface area contributed by atoms with Crippen molar-refractivity contribution in [3.8, 4) is 0 Å². The highest BCUT2D eigenvalue weighted by Gasteiger charge is 2.21. The normalized spacial score (nSPS) is 16.5. The molecule has 122 valence electrons. The molecule has 5 nitrogen and oxygen atoms in total. The molecular formula is C17H26N2O3. The number of aromatic nitrogens is 2. The summed E-state index contributed by atoms with van der Waals surface area (Å²) in [6, 6.07) is 0. The fraction of sp³-hybridized carbons (Fsp3) is 0.706. The van der Waals surface area contributed by atoms with Crippen molar-refractivity contribution < 1.29 is 14.1 Å². The van der Waals surface area contributed by atoms with Gasteiger partial charge in [0.1, 0.15) is 5.60 Å². The van der Waals surface area contributed by atoms with Crippen LogP contribution in [0.3, 0.4) is 0 Å². The van der Waals surface area contributed by atoms with E-state index in [0.29, 0.717) is 17.4 Å². The molecule has 1 aliphatic carbocycles. The van der Waals surface area contributed by atoms with Crippen LogP contribution < -0.4 is 0 Å². The Morgan fingerprint density at radius 2 is 2.00 bits per heavy atom. The Hall–Kier alpha value is -1.65. The van der Waals surface area contributed by atoms with E-state index >= 15 is 0 Å². The fourth-order valence-electron chi connectivity index (χ4n) is 2.70. The number of carbonyl (C=O) groups is 1. The van der Waals surface area contributed by atoms with Gasteiger partial charge in [-0.1, -0.05) is 43.8 Å². The highest BCUT2D eigenvalue weighted by Crippen LogP contribution is 2.26. The van der Waals surface area contributed by atoms with E-state index in [0.717, 1.165) is 12.2 Å². The second-order valence-electron chi connectivity index (χ2n) is 7.09. The van der Waals surface area contributed by atoms with Crippen molar-refractivity contribution in [2.75, 3.05) is 0 Å². The summed E-state index contributed by atoms with van der Waals surface area (Å²) >= 11 is 0. The molecule has 0 unspecified atom stereocenters. The van der Waals surface area contributed by atoms with E-state index in [1.807, 2.05) is 20.8 Å². The summed E-state index contributed by atoms with van der Waals surface area (Å²) in [5.74, 6) is 1.41. The zero-order valence-electron chi connectivity index (χ0n) is 13.9. The summed E-state index contributed by atoms with van der Waals surface area (Å²) in [4.78, 5) is 16.3. The molecule has 2 rings (SSSR count). The number of carbonyl (C=O) groups excluding carboxylic acids is 1. The van der Waals surface area contributed by atoms with E-state index in [1.54, 1.807) is 0 Å². The van der Waals surface area contributed by atoms with Gasteiger partial charge in [0.2, 0.25) is 5.89 Å². The van der Waals surface area contributed by atoms with Crippen molar-refractivity contribution in [3.05, 3.63) is 23.9 Å². The van der Waals surface area contributed by atoms with Gasteiger partial charge in [0.05, 0.1) is 6.42 Å². The first-order valence-electron chi connectivity index (χ1n) is 8.06. The summed E-state index contributed by atoms with van der Waals surface area (Å²) in [5, 5.41) is 4.02. The van der Waals surface area contributed by atoms with Crippen LogP contribution in [-0.4, -0.2) is 21.7 Å². The summed E-state index contributed by atoms with van der Waals surface area (Å²) in [6.07, 6.45) is 7.53. The van der Waals surface area contributed by atoms with Gasteiger partial charge in [0.15, 0.2) is 5.82 Å². The number of hydrogen-bond acceptors (Lipinski definition) is 5. The zero-order valence-corrected chi connectivity index (χ0v) is 13.9. The molecule has 1 heterocycles. The number of ether oxygens (including phenoxy) is 1. The van der Waals surface area contributed by atoms with Crippen molar-refractivity contribution in [1.29, 1.82) is 0 Å². The minimum absolute atomic E-state index is 0.243. The summed E-state index contributed by atoms with van der Waals surface area (Å²) in [6.45, 7) is 9.24. The van der Waals surface area contributed by atoms with Crippen LogP contribution in [0.25, 0.3) is 0 Å². The Labute approximate surface area is 132 Å². The molecular weight excluding hydrogens is 280 g/mol. The summed E-state index contributed by atoms with van der Waals surface area (Å²) in [5.41, 5.74) is -0.191. The SMILES string of the molecule is C=C(Cc1nc(CC2CCCCC2)no1)C(=O)OC(C)(C)C. The molecule has 22 heavy (non-hydrogen) atoms. The predicted octanol–water partition coefficient (Wildman–Crippen LogP) is 3.63. The van der Waals surface area contributed by atoms with Crippen LogP contribution in [0.5, 0.6) is 0 Å². The van der Waals surface area contributed by atoms with Crippen LogP contribution >= 0.6 is 0 Å². The maximum Gasteiger partial charge on any atom is 0.334 e. The minimum Gasteiger partial charge on any atom is -0.457 e. The standard InChI is InChI=1S/C17H26N2O3/c1-12(16(20)21-17(2,3)4)10-15-18-14(19-22-15)11-13-8-6-5-7-9-13/h13H,1,5-11H2,2-4H3. The van der Waals surface area contributed by atoms with Crippen molar-refractivity contribution in [2.45, 2.75) is 71.3 Å². The molecule has 0 saturated heterocycles. The van der Waals surface area contributed by atoms with Gasteiger partial charge in [-0.25, -0.2) is 4.79 Å². The maximum absolute atomic E-state index is 11.9. The molecule has 1 saturated carbocycles. The largest absolute Gasteiger partial charge is 0.457 e. The number of esters is 1. The van der Waals surface area contributed by atoms with E-state index in [2.05, 4.69) is 16.7 Å². The molecule has 0 N–H and O–H groups in total. The van der Waals surface area contributed by atoms with Gasteiger partial charge >= 0.3 is 5.97 Å². The topological polar surface area (TPSA) is 65.2 Å². The van der Waals surface area contributed by atoms with E-state index in [9.17, 15) is 4.79 Å². The molecule has 1 aromatic heterocycles. The van der Waals surface area contributed by atoms with Crippen molar-refractivity contribution in [3.63, 3.8) is 0 Å². The Morgan fingerprint density at radius 1 is 1.32 bits per heavy atom. The van der Waals surface area contributed by atoms with Gasteiger partial charge in [-0.3, -0.25) is 0 Å². The molecule has 1 fully saturated rings. The van der Waals surface area contributed by atoms with Gasteiger partial charge in [-0.2, -0.15) is 4.98 Å². The van der Waals surface area contributed by atoms with E-state index in [1.165, 1.54) is 32.1 Å². The van der Waals surface area contributed by atoms with Crippen LogP contribution in [0.15, 0.2) is 16.7 Å². The summed E-state index contributed by atoms with van der Waals surface area (Å²) in [7, 11) is 0. The first kappa shape index (κ1) is 16.7. The van der Waals surface area contributed by atoms with Gasteiger partial charge in [0.25, 0.3) is 0 Å². The minimum atomic E-state index is -0.527. The Bertz CT molecular complexity index is 522. The molecule has 0 radical (unpaired) electrons. The molecule has 0 atom stereocenters. The van der Waals surface area contributed by atoms with Crippen molar-refractivity contribution in [2.24, 2.45) is 5.92 Å². The quantitative estimate of drug-likeness (QED) is 0.614. The smallest absolute Gasteiger partial charge is 0.334 e. The lowest BCUT2D eigenvalue weighted by Gasteiger charge is -2.19. The number of hydrogen-bond donors (Lipinski definition) is 0. The third-order valence-corrected chi connectivity index (χ3v) is 3.76. The second-order valence-corrected chi connectivity index (χ2v) is 7.09. The predicted molar refractivity (Wildman–Crippen MR) is 83.3 cm³/mol. The van der Waals surface area contributed by atoms with Gasteiger partial charge < -0.3 is 9.26 Å². The highest BCUT2D eigenvalue weighted by molar-refractivity contribution is 5.88. The Kier molecular flexibility index (Phi) is 5.37. The average Bonchev–Trinajstić information content (AvgIpc) is 2.85. The fourth-order valence-corrected chi connectivity index (χ4v) is 2.70. The number of nitrogens with zero attached hydrogens (tertiary/aromatic N) is 2. The van der Waals surface area contributed by atoms with Crippen molar-refractivity contribution >= 4 is 5.97 Å². The van der Waals surface area contributed by atoms with E-state index in [-0.39, 0.29) is 6.42 Å². The lowest BCUT2D eigenvalue weighted by atomic mass is 9.87. The van der Waals surface area contributed by atoms with Crippen LogP contribution in [0.1, 0.15) is 64.6 Å². The van der Waals surface area contributed by atoms with Gasteiger partial charge in [-0.15, -0.1) is 0 Å². The number of rotatable bonds is 5. The third kappa shape index (κ3) is 5.28. The lowest BCUT2D eigenvalue weighted by Crippen LogP contribution is -2.25. The van der Waals surface area contributed by atoms with Crippen LogP contribution in [0, 0.1) is 5.92 Å². The van der Waals surface area contributed by atoms with Crippen LogP contribution in [0.4, 0.5) is 0 Å². The first-order chi connectivity index (χ1) is 10.3. The lowest BCUT2D eigenvalue weighted by molar-refractivity contribution is -0.150. The molecule has 0 aliphatic heterocycles. The highest BCUT2D eigenvalue weighted by atomic mass is 16.6. The van der Waals surface area contributed by atoms with E-state index in [4.69, 9.17) is 9.26 Å². The molecule has 0 spiro atoms. The summed E-state index contributed by atoms with van der Waals surface area (Å²) < 4.78 is 10.5. The zero-order chi connectivity index (χ0) is 16.2. The molecule has 1 aliphatic rings. The Balaban J connectivity index is 1.85. The molecule has 1 aromatic rings. The average molecular weight is 306 g/mol. The molecule has 0 amide bonds. The molecule has 5 heteroatoms. The molecule has 0 bridgehead atoms. The van der Waals surface area contributed by atoms with Gasteiger partial charge in [0, 0.05) is 12.0 Å². The molecule has 0 aromatic carbocycles. The Morgan fingerprint density at radius 3 is 2.64 bits per heavy atom. The third-order valence-electron chi connectivity index (χ3n) is 3.76. The van der Waals surface area contributed by atoms with Crippen LogP contribution in [0.2, 0.25) is 0 Å². The van der Waals surface area contributed by atoms with Crippen LogP contribution in [-0.2, 0) is 22.4 Å². The van der Waals surface area contributed by atoms with Gasteiger partial charge in [-0.05, 0) is 26.7 Å². The second kappa shape index (κ2) is 7.07. The van der Waals surface area contributed by atoms with Crippen molar-refractivity contribution in [1.82, 2.24) is 10.1 Å².